The summed E-state index contributed by atoms with van der Waals surface area (Å²) in [5, 5.41) is 9.39. The Morgan fingerprint density at radius 3 is 2.63 bits per heavy atom. The average Bonchev–Trinajstić information content (AvgIpc) is 2.40. The molecule has 0 fully saturated rings. The van der Waals surface area contributed by atoms with Crippen molar-refractivity contribution in [1.82, 2.24) is 9.88 Å². The van der Waals surface area contributed by atoms with E-state index in [4.69, 9.17) is 0 Å². The summed E-state index contributed by atoms with van der Waals surface area (Å²) in [4.78, 5) is 17.6. The van der Waals surface area contributed by atoms with E-state index >= 15 is 0 Å². The Morgan fingerprint density at radius 1 is 1.21 bits per heavy atom. The number of likely N-dealkylation sites (N-methyl/N-ethyl adjacent to an activating group) is 1. The maximum atomic E-state index is 12.0. The lowest BCUT2D eigenvalue weighted by molar-refractivity contribution is -0.129. The summed E-state index contributed by atoms with van der Waals surface area (Å²) in [6.45, 7) is 0.484. The van der Waals surface area contributed by atoms with Crippen LogP contribution in [0.2, 0.25) is 0 Å². The van der Waals surface area contributed by atoms with Crippen LogP contribution in [0.25, 0.3) is 0 Å². The lowest BCUT2D eigenvalue weighted by atomic mass is 10.1. The number of phenolic OH excluding ortho intramolecular Hbond substituents is 1. The van der Waals surface area contributed by atoms with Crippen molar-refractivity contribution in [2.75, 3.05) is 7.05 Å². The highest BCUT2D eigenvalue weighted by atomic mass is 16.3. The van der Waals surface area contributed by atoms with Crippen molar-refractivity contribution in [3.05, 3.63) is 59.9 Å². The van der Waals surface area contributed by atoms with E-state index in [1.165, 1.54) is 0 Å². The average molecular weight is 256 g/mol. The van der Waals surface area contributed by atoms with Gasteiger partial charge in [-0.2, -0.15) is 0 Å². The molecule has 98 valence electrons. The molecule has 0 radical (unpaired) electrons. The number of hydrogen-bond donors (Lipinski definition) is 1. The second-order valence-corrected chi connectivity index (χ2v) is 4.45. The summed E-state index contributed by atoms with van der Waals surface area (Å²) in [5.41, 5.74) is 1.85. The highest BCUT2D eigenvalue weighted by Crippen LogP contribution is 2.13. The third-order valence-corrected chi connectivity index (χ3v) is 2.86. The van der Waals surface area contributed by atoms with Crippen LogP contribution in [0.1, 0.15) is 11.1 Å². The highest BCUT2D eigenvalue weighted by molar-refractivity contribution is 5.78. The standard InChI is InChI=1S/C15H16N2O2/c1-17(11-13-3-2-4-14(18)9-13)15(19)10-12-5-7-16-8-6-12/h2-9,18H,10-11H2,1H3. The van der Waals surface area contributed by atoms with E-state index in [1.807, 2.05) is 18.2 Å². The second-order valence-electron chi connectivity index (χ2n) is 4.45. The van der Waals surface area contributed by atoms with E-state index in [0.29, 0.717) is 13.0 Å². The molecule has 4 nitrogen and oxygen atoms in total. The number of carbonyl (C=O) groups excluding carboxylic acids is 1. The molecule has 1 heterocycles. The number of hydrogen-bond acceptors (Lipinski definition) is 3. The Balaban J connectivity index is 1.96. The Kier molecular flexibility index (Phi) is 4.13. The van der Waals surface area contributed by atoms with Crippen molar-refractivity contribution in [2.24, 2.45) is 0 Å². The quantitative estimate of drug-likeness (QED) is 0.910. The third-order valence-electron chi connectivity index (χ3n) is 2.86. The first kappa shape index (κ1) is 13.1. The molecular weight excluding hydrogens is 240 g/mol. The minimum Gasteiger partial charge on any atom is -0.508 e. The fourth-order valence-electron chi connectivity index (χ4n) is 1.83. The van der Waals surface area contributed by atoms with Gasteiger partial charge in [-0.15, -0.1) is 0 Å². The van der Waals surface area contributed by atoms with Crippen LogP contribution in [0.4, 0.5) is 0 Å². The maximum absolute atomic E-state index is 12.0. The van der Waals surface area contributed by atoms with E-state index in [-0.39, 0.29) is 11.7 Å². The fourth-order valence-corrected chi connectivity index (χ4v) is 1.83. The third kappa shape index (κ3) is 3.81. The van der Waals surface area contributed by atoms with E-state index in [0.717, 1.165) is 11.1 Å². The molecule has 1 N–H and O–H groups in total. The van der Waals surface area contributed by atoms with Gasteiger partial charge in [0.1, 0.15) is 5.75 Å². The molecule has 1 aromatic carbocycles. The zero-order valence-corrected chi connectivity index (χ0v) is 10.8. The fraction of sp³-hybridized carbons (Fsp3) is 0.200. The van der Waals surface area contributed by atoms with Crippen molar-refractivity contribution >= 4 is 5.91 Å². The molecule has 0 aliphatic rings. The number of rotatable bonds is 4. The largest absolute Gasteiger partial charge is 0.508 e. The minimum atomic E-state index is 0.0366. The predicted octanol–water partition coefficient (Wildman–Crippen LogP) is 1.99. The zero-order chi connectivity index (χ0) is 13.7. The van der Waals surface area contributed by atoms with Crippen molar-refractivity contribution in [3.8, 4) is 5.75 Å². The van der Waals surface area contributed by atoms with Gasteiger partial charge in [0.2, 0.25) is 5.91 Å². The summed E-state index contributed by atoms with van der Waals surface area (Å²) < 4.78 is 0. The van der Waals surface area contributed by atoms with Gasteiger partial charge in [0, 0.05) is 26.0 Å². The Hall–Kier alpha value is -2.36. The first-order valence-electron chi connectivity index (χ1n) is 6.06. The van der Waals surface area contributed by atoms with Gasteiger partial charge in [0.25, 0.3) is 0 Å². The Morgan fingerprint density at radius 2 is 1.95 bits per heavy atom. The lowest BCUT2D eigenvalue weighted by Gasteiger charge is -2.17. The van der Waals surface area contributed by atoms with Crippen molar-refractivity contribution in [1.29, 1.82) is 0 Å². The second kappa shape index (κ2) is 6.00. The maximum Gasteiger partial charge on any atom is 0.227 e. The van der Waals surface area contributed by atoms with E-state index in [2.05, 4.69) is 4.98 Å². The summed E-state index contributed by atoms with van der Waals surface area (Å²) in [7, 11) is 1.76. The molecule has 0 aliphatic carbocycles. The zero-order valence-electron chi connectivity index (χ0n) is 10.8. The Bertz CT molecular complexity index is 555. The summed E-state index contributed by atoms with van der Waals surface area (Å²) in [5.74, 6) is 0.252. The first-order valence-corrected chi connectivity index (χ1v) is 6.06. The van der Waals surface area contributed by atoms with Crippen molar-refractivity contribution in [2.45, 2.75) is 13.0 Å². The number of benzene rings is 1. The number of aromatic nitrogens is 1. The van der Waals surface area contributed by atoms with E-state index in [1.54, 1.807) is 42.5 Å². The van der Waals surface area contributed by atoms with Crippen LogP contribution in [-0.4, -0.2) is 27.9 Å². The number of amides is 1. The summed E-state index contributed by atoms with van der Waals surface area (Å²) >= 11 is 0. The lowest BCUT2D eigenvalue weighted by Crippen LogP contribution is -2.27. The van der Waals surface area contributed by atoms with Gasteiger partial charge in [0.05, 0.1) is 6.42 Å². The summed E-state index contributed by atoms with van der Waals surface area (Å²) in [6.07, 6.45) is 3.72. The molecule has 1 amide bonds. The highest BCUT2D eigenvalue weighted by Gasteiger charge is 2.10. The van der Waals surface area contributed by atoms with Crippen LogP contribution >= 0.6 is 0 Å². The first-order chi connectivity index (χ1) is 9.15. The molecule has 0 bridgehead atoms. The molecule has 2 aromatic rings. The number of phenols is 1. The molecule has 4 heteroatoms. The van der Waals surface area contributed by atoms with Crippen LogP contribution in [0.15, 0.2) is 48.8 Å². The normalized spacial score (nSPS) is 10.2. The molecule has 1 aromatic heterocycles. The van der Waals surface area contributed by atoms with Crippen LogP contribution in [0, 0.1) is 0 Å². The predicted molar refractivity (Wildman–Crippen MR) is 72.5 cm³/mol. The monoisotopic (exact) mass is 256 g/mol. The number of nitrogens with zero attached hydrogens (tertiary/aromatic N) is 2. The van der Waals surface area contributed by atoms with Gasteiger partial charge in [-0.3, -0.25) is 9.78 Å². The van der Waals surface area contributed by atoms with Crippen LogP contribution in [0.3, 0.4) is 0 Å². The van der Waals surface area contributed by atoms with E-state index < -0.39 is 0 Å². The van der Waals surface area contributed by atoms with Crippen LogP contribution in [-0.2, 0) is 17.8 Å². The smallest absolute Gasteiger partial charge is 0.227 e. The number of carbonyl (C=O) groups is 1. The minimum absolute atomic E-state index is 0.0366. The SMILES string of the molecule is CN(Cc1cccc(O)c1)C(=O)Cc1ccncc1. The number of aromatic hydroxyl groups is 1. The van der Waals surface area contributed by atoms with Gasteiger partial charge in [-0.05, 0) is 35.4 Å². The van der Waals surface area contributed by atoms with Gasteiger partial charge in [0.15, 0.2) is 0 Å². The molecule has 0 aliphatic heterocycles. The molecule has 0 spiro atoms. The molecule has 0 unspecified atom stereocenters. The molecule has 2 rings (SSSR count). The topological polar surface area (TPSA) is 53.4 Å². The van der Waals surface area contributed by atoms with Gasteiger partial charge in [-0.1, -0.05) is 12.1 Å². The Labute approximate surface area is 112 Å². The molecule has 0 saturated heterocycles. The van der Waals surface area contributed by atoms with Crippen molar-refractivity contribution < 1.29 is 9.90 Å². The van der Waals surface area contributed by atoms with Crippen LogP contribution < -0.4 is 0 Å². The summed E-state index contributed by atoms with van der Waals surface area (Å²) in [6, 6.07) is 10.6. The van der Waals surface area contributed by atoms with Crippen molar-refractivity contribution in [3.63, 3.8) is 0 Å². The number of pyridine rings is 1. The molecule has 0 saturated carbocycles. The van der Waals surface area contributed by atoms with Gasteiger partial charge >= 0.3 is 0 Å². The van der Waals surface area contributed by atoms with Gasteiger partial charge in [-0.25, -0.2) is 0 Å². The molecular formula is C15H16N2O2. The van der Waals surface area contributed by atoms with Crippen LogP contribution in [0.5, 0.6) is 5.75 Å². The molecule has 19 heavy (non-hydrogen) atoms. The van der Waals surface area contributed by atoms with E-state index in [9.17, 15) is 9.90 Å². The molecule has 0 atom stereocenters. The van der Waals surface area contributed by atoms with Gasteiger partial charge < -0.3 is 10.0 Å².